The summed E-state index contributed by atoms with van der Waals surface area (Å²) in [4.78, 5) is 23.2. The second kappa shape index (κ2) is 6.38. The van der Waals surface area contributed by atoms with Gasteiger partial charge < -0.3 is 9.80 Å². The summed E-state index contributed by atoms with van der Waals surface area (Å²) >= 11 is 0. The molecule has 1 aromatic carbocycles. The highest BCUT2D eigenvalue weighted by Gasteiger charge is 2.29. The van der Waals surface area contributed by atoms with Gasteiger partial charge in [-0.25, -0.2) is 4.98 Å². The van der Waals surface area contributed by atoms with Crippen molar-refractivity contribution >= 4 is 16.6 Å². The van der Waals surface area contributed by atoms with Gasteiger partial charge in [-0.2, -0.15) is 0 Å². The van der Waals surface area contributed by atoms with Crippen molar-refractivity contribution in [1.82, 2.24) is 14.5 Å². The Bertz CT molecular complexity index is 877. The molecule has 0 unspecified atom stereocenters. The summed E-state index contributed by atoms with van der Waals surface area (Å²) in [5, 5.41) is 0.791. The highest BCUT2D eigenvalue weighted by atomic mass is 16.1. The summed E-state index contributed by atoms with van der Waals surface area (Å²) in [7, 11) is 0. The van der Waals surface area contributed by atoms with Crippen LogP contribution < -0.4 is 10.5 Å². The van der Waals surface area contributed by atoms with Crippen LogP contribution in [0, 0.1) is 5.92 Å². The lowest BCUT2D eigenvalue weighted by Crippen LogP contribution is -2.38. The summed E-state index contributed by atoms with van der Waals surface area (Å²) in [6, 6.07) is 6.96. The van der Waals surface area contributed by atoms with E-state index < -0.39 is 0 Å². The molecule has 4 aliphatic rings. The first-order valence-corrected chi connectivity index (χ1v) is 10.3. The SMILES string of the molecule is CCc1nc2ccc(N3CCN4CCC3CC4)cc2c(=O)n1CC1CC1. The topological polar surface area (TPSA) is 41.4 Å². The van der Waals surface area contributed by atoms with Crippen LogP contribution in [0.25, 0.3) is 10.9 Å². The molecule has 0 amide bonds. The van der Waals surface area contributed by atoms with E-state index in [0.29, 0.717) is 12.0 Å². The van der Waals surface area contributed by atoms with Crippen LogP contribution in [-0.4, -0.2) is 46.7 Å². The van der Waals surface area contributed by atoms with E-state index in [4.69, 9.17) is 4.98 Å². The molecule has 1 saturated carbocycles. The van der Waals surface area contributed by atoms with Gasteiger partial charge in [0.1, 0.15) is 5.82 Å². The molecule has 2 aromatic rings. The van der Waals surface area contributed by atoms with Gasteiger partial charge in [-0.1, -0.05) is 6.92 Å². The molecule has 1 aliphatic carbocycles. The number of hydrogen-bond acceptors (Lipinski definition) is 4. The van der Waals surface area contributed by atoms with Gasteiger partial charge in [0, 0.05) is 50.9 Å². The Kier molecular flexibility index (Phi) is 4.00. The molecular weight excluding hydrogens is 324 g/mol. The van der Waals surface area contributed by atoms with Crippen molar-refractivity contribution in [2.75, 3.05) is 31.1 Å². The zero-order chi connectivity index (χ0) is 17.7. The molecule has 138 valence electrons. The molecule has 0 spiro atoms. The number of piperidine rings is 1. The lowest BCUT2D eigenvalue weighted by atomic mass is 10.0. The van der Waals surface area contributed by atoms with Gasteiger partial charge in [-0.05, 0) is 49.8 Å². The van der Waals surface area contributed by atoms with Crippen LogP contribution >= 0.6 is 0 Å². The average molecular weight is 352 g/mol. The van der Waals surface area contributed by atoms with Gasteiger partial charge in [-0.3, -0.25) is 9.36 Å². The number of aromatic nitrogens is 2. The number of hydrogen-bond donors (Lipinski definition) is 0. The summed E-state index contributed by atoms with van der Waals surface area (Å²) in [6.07, 6.45) is 5.77. The fourth-order valence-corrected chi connectivity index (χ4v) is 4.68. The zero-order valence-corrected chi connectivity index (χ0v) is 15.7. The molecule has 5 nitrogen and oxygen atoms in total. The van der Waals surface area contributed by atoms with Gasteiger partial charge in [0.15, 0.2) is 0 Å². The Hall–Kier alpha value is -1.88. The monoisotopic (exact) mass is 352 g/mol. The van der Waals surface area contributed by atoms with Crippen LogP contribution in [0.3, 0.4) is 0 Å². The number of benzene rings is 1. The van der Waals surface area contributed by atoms with E-state index in [2.05, 4.69) is 34.9 Å². The second-order valence-electron chi connectivity index (χ2n) is 8.21. The van der Waals surface area contributed by atoms with Crippen LogP contribution in [0.2, 0.25) is 0 Å². The molecule has 6 rings (SSSR count). The maximum absolute atomic E-state index is 13.2. The largest absolute Gasteiger partial charge is 0.367 e. The minimum Gasteiger partial charge on any atom is -0.367 e. The van der Waals surface area contributed by atoms with Gasteiger partial charge in [0.25, 0.3) is 5.56 Å². The third kappa shape index (κ3) is 2.82. The van der Waals surface area contributed by atoms with Crippen molar-refractivity contribution in [3.63, 3.8) is 0 Å². The van der Waals surface area contributed by atoms with Crippen LogP contribution in [0.4, 0.5) is 5.69 Å². The normalized spacial score (nSPS) is 25.7. The number of aryl methyl sites for hydroxylation is 1. The van der Waals surface area contributed by atoms with Crippen LogP contribution in [-0.2, 0) is 13.0 Å². The molecule has 26 heavy (non-hydrogen) atoms. The van der Waals surface area contributed by atoms with E-state index in [0.717, 1.165) is 42.8 Å². The van der Waals surface area contributed by atoms with Crippen molar-refractivity contribution in [3.8, 4) is 0 Å². The Morgan fingerprint density at radius 2 is 1.88 bits per heavy atom. The van der Waals surface area contributed by atoms with Crippen LogP contribution in [0.15, 0.2) is 23.0 Å². The third-order valence-electron chi connectivity index (χ3n) is 6.46. The summed E-state index contributed by atoms with van der Waals surface area (Å²) in [6.45, 7) is 7.56. The van der Waals surface area contributed by atoms with E-state index in [9.17, 15) is 4.79 Å². The molecule has 5 heteroatoms. The number of anilines is 1. The zero-order valence-electron chi connectivity index (χ0n) is 15.7. The number of rotatable bonds is 4. The summed E-state index contributed by atoms with van der Waals surface area (Å²) in [5.74, 6) is 1.61. The molecule has 4 heterocycles. The maximum atomic E-state index is 13.2. The molecule has 0 radical (unpaired) electrons. The lowest BCUT2D eigenvalue weighted by Gasteiger charge is -2.33. The highest BCUT2D eigenvalue weighted by Crippen LogP contribution is 2.31. The van der Waals surface area contributed by atoms with Crippen molar-refractivity contribution in [2.24, 2.45) is 5.92 Å². The fourth-order valence-electron chi connectivity index (χ4n) is 4.68. The molecule has 4 fully saturated rings. The number of fused-ring (bicyclic) bond motifs is 5. The van der Waals surface area contributed by atoms with Gasteiger partial charge in [0.2, 0.25) is 0 Å². The second-order valence-corrected chi connectivity index (χ2v) is 8.21. The average Bonchev–Trinajstić information content (AvgIpc) is 3.51. The highest BCUT2D eigenvalue weighted by molar-refractivity contribution is 5.82. The minimum absolute atomic E-state index is 0.156. The summed E-state index contributed by atoms with van der Waals surface area (Å²) < 4.78 is 1.95. The number of nitrogens with zero attached hydrogens (tertiary/aromatic N) is 4. The van der Waals surface area contributed by atoms with Crippen molar-refractivity contribution in [2.45, 2.75) is 51.6 Å². The minimum atomic E-state index is 0.156. The first-order valence-electron chi connectivity index (χ1n) is 10.3. The predicted octanol–water partition coefficient (Wildman–Crippen LogP) is 2.65. The quantitative estimate of drug-likeness (QED) is 0.848. The van der Waals surface area contributed by atoms with Crippen molar-refractivity contribution < 1.29 is 0 Å². The van der Waals surface area contributed by atoms with Gasteiger partial charge in [-0.15, -0.1) is 0 Å². The molecular formula is C21H28N4O. The third-order valence-corrected chi connectivity index (χ3v) is 6.46. The van der Waals surface area contributed by atoms with Crippen molar-refractivity contribution in [1.29, 1.82) is 0 Å². The van der Waals surface area contributed by atoms with Crippen LogP contribution in [0.1, 0.15) is 38.4 Å². The molecule has 3 saturated heterocycles. The Morgan fingerprint density at radius 1 is 1.08 bits per heavy atom. The predicted molar refractivity (Wildman–Crippen MR) is 105 cm³/mol. The smallest absolute Gasteiger partial charge is 0.261 e. The van der Waals surface area contributed by atoms with E-state index >= 15 is 0 Å². The Labute approximate surface area is 154 Å². The molecule has 0 N–H and O–H groups in total. The Balaban J connectivity index is 1.57. The van der Waals surface area contributed by atoms with Crippen LogP contribution in [0.5, 0.6) is 0 Å². The van der Waals surface area contributed by atoms with E-state index in [1.54, 1.807) is 0 Å². The maximum Gasteiger partial charge on any atom is 0.261 e. The van der Waals surface area contributed by atoms with E-state index in [1.807, 2.05) is 4.57 Å². The summed E-state index contributed by atoms with van der Waals surface area (Å²) in [5.41, 5.74) is 2.21. The molecule has 1 aromatic heterocycles. The fraction of sp³-hybridized carbons (Fsp3) is 0.619. The molecule has 3 aliphatic heterocycles. The van der Waals surface area contributed by atoms with Crippen molar-refractivity contribution in [3.05, 3.63) is 34.4 Å². The lowest BCUT2D eigenvalue weighted by molar-refractivity contribution is 0.250. The van der Waals surface area contributed by atoms with E-state index in [1.165, 1.54) is 44.5 Å². The van der Waals surface area contributed by atoms with E-state index in [-0.39, 0.29) is 5.56 Å². The first kappa shape index (κ1) is 16.3. The van der Waals surface area contributed by atoms with Gasteiger partial charge in [0.05, 0.1) is 10.9 Å². The Morgan fingerprint density at radius 3 is 2.62 bits per heavy atom. The first-order chi connectivity index (χ1) is 12.7. The molecule has 2 bridgehead atoms. The standard InChI is InChI=1S/C21H28N4O/c1-2-20-22-19-6-5-17(24-12-11-23-9-7-16(24)8-10-23)13-18(19)21(26)25(20)14-15-3-4-15/h5-6,13,15-16H,2-4,7-12,14H2,1H3. The van der Waals surface area contributed by atoms with Gasteiger partial charge >= 0.3 is 0 Å². The molecule has 0 atom stereocenters.